The Morgan fingerprint density at radius 3 is 2.68 bits per heavy atom. The molecule has 0 bridgehead atoms. The maximum Gasteiger partial charge on any atom is 0.0223 e. The highest BCUT2D eigenvalue weighted by molar-refractivity contribution is 7.98. The monoisotopic (exact) mass is 284 g/mol. The summed E-state index contributed by atoms with van der Waals surface area (Å²) in [5.74, 6) is 2.24. The average molecular weight is 285 g/mol. The number of hydrogen-bond donors (Lipinski definition) is 1. The van der Waals surface area contributed by atoms with E-state index in [0.29, 0.717) is 0 Å². The maximum atomic E-state index is 3.85. The van der Waals surface area contributed by atoms with Crippen molar-refractivity contribution in [3.8, 4) is 0 Å². The van der Waals surface area contributed by atoms with Crippen LogP contribution in [0.15, 0.2) is 0 Å². The topological polar surface area (TPSA) is 15.3 Å². The Labute approximate surface area is 124 Å². The smallest absolute Gasteiger partial charge is 0.0223 e. The van der Waals surface area contributed by atoms with Gasteiger partial charge < -0.3 is 5.32 Å². The van der Waals surface area contributed by atoms with Gasteiger partial charge in [0.1, 0.15) is 0 Å². The summed E-state index contributed by atoms with van der Waals surface area (Å²) in [6.45, 7) is 6.18. The number of thioether (sulfide) groups is 1. The van der Waals surface area contributed by atoms with Crippen LogP contribution in [-0.2, 0) is 0 Å². The molecule has 1 N–H and O–H groups in total. The van der Waals surface area contributed by atoms with E-state index in [1.807, 2.05) is 11.8 Å². The SMILES string of the molecule is CCC(CSC)N1CCCNC(C2CCCCC2)C1. The molecule has 112 valence electrons. The Morgan fingerprint density at radius 1 is 1.21 bits per heavy atom. The van der Waals surface area contributed by atoms with E-state index in [-0.39, 0.29) is 0 Å². The molecule has 1 heterocycles. The Balaban J connectivity index is 1.92. The van der Waals surface area contributed by atoms with E-state index >= 15 is 0 Å². The molecule has 0 amide bonds. The van der Waals surface area contributed by atoms with Crippen LogP contribution in [0.5, 0.6) is 0 Å². The second-order valence-corrected chi connectivity index (χ2v) is 7.24. The Morgan fingerprint density at radius 2 is 2.00 bits per heavy atom. The first-order valence-corrected chi connectivity index (χ1v) is 9.71. The van der Waals surface area contributed by atoms with Gasteiger partial charge in [0.15, 0.2) is 0 Å². The van der Waals surface area contributed by atoms with Crippen molar-refractivity contribution in [3.05, 3.63) is 0 Å². The van der Waals surface area contributed by atoms with Crippen LogP contribution >= 0.6 is 11.8 Å². The van der Waals surface area contributed by atoms with E-state index in [2.05, 4.69) is 23.4 Å². The van der Waals surface area contributed by atoms with Crippen LogP contribution in [0.1, 0.15) is 51.9 Å². The minimum atomic E-state index is 0.763. The lowest BCUT2D eigenvalue weighted by Gasteiger charge is -2.36. The van der Waals surface area contributed by atoms with Gasteiger partial charge in [-0.1, -0.05) is 26.2 Å². The van der Waals surface area contributed by atoms with Gasteiger partial charge in [0.25, 0.3) is 0 Å². The zero-order valence-corrected chi connectivity index (χ0v) is 13.7. The number of hydrogen-bond acceptors (Lipinski definition) is 3. The summed E-state index contributed by atoms with van der Waals surface area (Å²) < 4.78 is 0. The summed E-state index contributed by atoms with van der Waals surface area (Å²) in [5.41, 5.74) is 0. The number of nitrogens with one attached hydrogen (secondary N) is 1. The lowest BCUT2D eigenvalue weighted by atomic mass is 9.83. The molecule has 2 aliphatic rings. The van der Waals surface area contributed by atoms with Gasteiger partial charge in [-0.05, 0) is 50.9 Å². The normalized spacial score (nSPS) is 29.1. The molecule has 2 nitrogen and oxygen atoms in total. The van der Waals surface area contributed by atoms with Crippen LogP contribution in [-0.4, -0.2) is 48.6 Å². The number of rotatable bonds is 5. The highest BCUT2D eigenvalue weighted by Crippen LogP contribution is 2.28. The Kier molecular flexibility index (Phi) is 7.03. The molecular formula is C16H32N2S. The third-order valence-electron chi connectivity index (χ3n) is 5.03. The van der Waals surface area contributed by atoms with Crippen molar-refractivity contribution in [2.45, 2.75) is 64.0 Å². The molecule has 0 radical (unpaired) electrons. The van der Waals surface area contributed by atoms with Crippen LogP contribution in [0.25, 0.3) is 0 Å². The average Bonchev–Trinajstić information content (AvgIpc) is 2.71. The van der Waals surface area contributed by atoms with Gasteiger partial charge >= 0.3 is 0 Å². The third-order valence-corrected chi connectivity index (χ3v) is 5.74. The van der Waals surface area contributed by atoms with Crippen molar-refractivity contribution >= 4 is 11.8 Å². The summed E-state index contributed by atoms with van der Waals surface area (Å²) in [6.07, 6.45) is 12.2. The minimum absolute atomic E-state index is 0.763. The molecule has 2 unspecified atom stereocenters. The van der Waals surface area contributed by atoms with Gasteiger partial charge in [0.2, 0.25) is 0 Å². The molecule has 1 saturated carbocycles. The van der Waals surface area contributed by atoms with E-state index in [9.17, 15) is 0 Å². The first-order valence-electron chi connectivity index (χ1n) is 8.31. The van der Waals surface area contributed by atoms with Gasteiger partial charge in [0.05, 0.1) is 0 Å². The number of nitrogens with zero attached hydrogens (tertiary/aromatic N) is 1. The molecule has 1 saturated heterocycles. The highest BCUT2D eigenvalue weighted by Gasteiger charge is 2.29. The summed E-state index contributed by atoms with van der Waals surface area (Å²) in [5, 5.41) is 3.85. The molecule has 0 aromatic carbocycles. The minimum Gasteiger partial charge on any atom is -0.312 e. The molecule has 0 spiro atoms. The summed E-state index contributed by atoms with van der Waals surface area (Å²) in [4.78, 5) is 2.79. The van der Waals surface area contributed by atoms with E-state index < -0.39 is 0 Å². The standard InChI is InChI=1S/C16H32N2S/c1-3-15(13-19-2)18-11-7-10-17-16(12-18)14-8-5-4-6-9-14/h14-17H,3-13H2,1-2H3. The zero-order chi connectivity index (χ0) is 13.5. The molecule has 2 atom stereocenters. The third kappa shape index (κ3) is 4.64. The predicted molar refractivity (Wildman–Crippen MR) is 87.0 cm³/mol. The molecule has 1 aliphatic carbocycles. The highest BCUT2D eigenvalue weighted by atomic mass is 32.2. The van der Waals surface area contributed by atoms with Gasteiger partial charge in [-0.3, -0.25) is 4.90 Å². The molecule has 0 aromatic heterocycles. The van der Waals surface area contributed by atoms with Crippen molar-refractivity contribution in [3.63, 3.8) is 0 Å². The predicted octanol–water partition coefficient (Wildman–Crippen LogP) is 3.37. The second kappa shape index (κ2) is 8.53. The first-order chi connectivity index (χ1) is 9.35. The summed E-state index contributed by atoms with van der Waals surface area (Å²) >= 11 is 2.01. The lowest BCUT2D eigenvalue weighted by Crippen LogP contribution is -2.47. The van der Waals surface area contributed by atoms with Gasteiger partial charge in [-0.2, -0.15) is 11.8 Å². The first kappa shape index (κ1) is 15.7. The van der Waals surface area contributed by atoms with E-state index in [0.717, 1.165) is 18.0 Å². The van der Waals surface area contributed by atoms with Crippen LogP contribution in [0.4, 0.5) is 0 Å². The van der Waals surface area contributed by atoms with Crippen LogP contribution < -0.4 is 5.32 Å². The van der Waals surface area contributed by atoms with Crippen LogP contribution in [0.2, 0.25) is 0 Å². The van der Waals surface area contributed by atoms with E-state index in [1.165, 1.54) is 70.3 Å². The van der Waals surface area contributed by atoms with Crippen LogP contribution in [0, 0.1) is 5.92 Å². The largest absolute Gasteiger partial charge is 0.312 e. The molecule has 3 heteroatoms. The summed E-state index contributed by atoms with van der Waals surface area (Å²) in [7, 11) is 0. The molecule has 2 rings (SSSR count). The molecule has 19 heavy (non-hydrogen) atoms. The van der Waals surface area contributed by atoms with Gasteiger partial charge in [-0.25, -0.2) is 0 Å². The summed E-state index contributed by atoms with van der Waals surface area (Å²) in [6, 6.07) is 1.56. The van der Waals surface area contributed by atoms with Crippen molar-refractivity contribution in [2.24, 2.45) is 5.92 Å². The van der Waals surface area contributed by atoms with Crippen molar-refractivity contribution in [1.82, 2.24) is 10.2 Å². The van der Waals surface area contributed by atoms with Gasteiger partial charge in [-0.15, -0.1) is 0 Å². The fourth-order valence-electron chi connectivity index (χ4n) is 3.84. The molecule has 0 aromatic rings. The van der Waals surface area contributed by atoms with Gasteiger partial charge in [0, 0.05) is 24.4 Å². The van der Waals surface area contributed by atoms with E-state index in [1.54, 1.807) is 0 Å². The van der Waals surface area contributed by atoms with E-state index in [4.69, 9.17) is 0 Å². The second-order valence-electron chi connectivity index (χ2n) is 6.32. The Hall–Kier alpha value is 0.270. The molecular weight excluding hydrogens is 252 g/mol. The molecule has 1 aliphatic heterocycles. The molecule has 2 fully saturated rings. The fourth-order valence-corrected chi connectivity index (χ4v) is 4.67. The zero-order valence-electron chi connectivity index (χ0n) is 12.9. The van der Waals surface area contributed by atoms with Crippen molar-refractivity contribution in [2.75, 3.05) is 31.6 Å². The quantitative estimate of drug-likeness (QED) is 0.833. The van der Waals surface area contributed by atoms with Crippen molar-refractivity contribution in [1.29, 1.82) is 0 Å². The Bertz CT molecular complexity index is 228. The van der Waals surface area contributed by atoms with Crippen molar-refractivity contribution < 1.29 is 0 Å². The van der Waals surface area contributed by atoms with Crippen LogP contribution in [0.3, 0.4) is 0 Å². The maximum absolute atomic E-state index is 3.85. The lowest BCUT2D eigenvalue weighted by molar-refractivity contribution is 0.169. The fraction of sp³-hybridized carbons (Fsp3) is 1.00.